The normalized spacial score (nSPS) is 20.3. The Morgan fingerprint density at radius 1 is 0.852 bits per heavy atom. The summed E-state index contributed by atoms with van der Waals surface area (Å²) >= 11 is 0. The minimum Gasteiger partial charge on any atom is -0.373 e. The maximum Gasteiger partial charge on any atom is 0.256 e. The molecule has 27 heavy (non-hydrogen) atoms. The fourth-order valence-corrected chi connectivity index (χ4v) is 3.83. The van der Waals surface area contributed by atoms with Gasteiger partial charge in [-0.25, -0.2) is 4.90 Å². The van der Waals surface area contributed by atoms with E-state index in [0.717, 1.165) is 24.3 Å². The second-order valence-electron chi connectivity index (χ2n) is 7.40. The molecule has 0 aromatic heterocycles. The monoisotopic (exact) mass is 363 g/mol. The molecular weight excluding hydrogens is 338 g/mol. The number of amides is 2. The van der Waals surface area contributed by atoms with Gasteiger partial charge < -0.3 is 10.2 Å². The molecule has 0 saturated carbocycles. The van der Waals surface area contributed by atoms with Crippen LogP contribution in [0.4, 0.5) is 17.1 Å². The maximum absolute atomic E-state index is 12.8. The van der Waals surface area contributed by atoms with Gasteiger partial charge in [0.2, 0.25) is 5.91 Å². The van der Waals surface area contributed by atoms with Crippen LogP contribution in [0, 0.1) is 6.92 Å². The van der Waals surface area contributed by atoms with Gasteiger partial charge in [0.05, 0.1) is 12.1 Å². The Morgan fingerprint density at radius 3 is 2.15 bits per heavy atom. The van der Waals surface area contributed by atoms with Crippen LogP contribution >= 0.6 is 0 Å². The Kier molecular flexibility index (Phi) is 4.84. The van der Waals surface area contributed by atoms with Crippen molar-refractivity contribution in [1.29, 1.82) is 0 Å². The van der Waals surface area contributed by atoms with Gasteiger partial charge in [-0.1, -0.05) is 17.7 Å². The molecule has 2 aliphatic heterocycles. The molecule has 2 aromatic rings. The molecule has 2 saturated heterocycles. The minimum atomic E-state index is -0.514. The topological polar surface area (TPSA) is 52.7 Å². The molecule has 4 rings (SSSR count). The van der Waals surface area contributed by atoms with E-state index in [2.05, 4.69) is 22.3 Å². The molecule has 5 heteroatoms. The molecule has 0 bridgehead atoms. The van der Waals surface area contributed by atoms with E-state index in [-0.39, 0.29) is 18.2 Å². The first-order valence-corrected chi connectivity index (χ1v) is 9.67. The molecule has 0 aliphatic carbocycles. The third-order valence-corrected chi connectivity index (χ3v) is 5.37. The van der Waals surface area contributed by atoms with Crippen LogP contribution in [0.1, 0.15) is 31.2 Å². The molecule has 1 N–H and O–H groups in total. The number of piperidine rings is 1. The van der Waals surface area contributed by atoms with E-state index in [1.165, 1.54) is 29.8 Å². The number of hydrogen-bond acceptors (Lipinski definition) is 4. The summed E-state index contributed by atoms with van der Waals surface area (Å²) in [4.78, 5) is 28.8. The predicted octanol–water partition coefficient (Wildman–Crippen LogP) is 3.73. The molecular formula is C22H25N3O2. The first-order chi connectivity index (χ1) is 13.1. The van der Waals surface area contributed by atoms with Crippen LogP contribution in [0.25, 0.3) is 0 Å². The molecule has 5 nitrogen and oxygen atoms in total. The summed E-state index contributed by atoms with van der Waals surface area (Å²) in [7, 11) is 0. The Labute approximate surface area is 160 Å². The first-order valence-electron chi connectivity index (χ1n) is 9.67. The fourth-order valence-electron chi connectivity index (χ4n) is 3.83. The van der Waals surface area contributed by atoms with E-state index in [1.54, 1.807) is 0 Å². The number of nitrogens with zero attached hydrogens (tertiary/aromatic N) is 2. The summed E-state index contributed by atoms with van der Waals surface area (Å²) in [6.45, 7) is 4.19. The average Bonchev–Trinajstić information content (AvgIpc) is 2.97. The zero-order valence-corrected chi connectivity index (χ0v) is 15.6. The van der Waals surface area contributed by atoms with Crippen molar-refractivity contribution in [2.75, 3.05) is 28.2 Å². The van der Waals surface area contributed by atoms with Gasteiger partial charge in [0, 0.05) is 24.5 Å². The zero-order valence-electron chi connectivity index (χ0n) is 15.6. The van der Waals surface area contributed by atoms with Crippen LogP contribution in [-0.4, -0.2) is 30.9 Å². The fraction of sp³-hybridized carbons (Fsp3) is 0.364. The highest BCUT2D eigenvalue weighted by Gasteiger charge is 2.39. The SMILES string of the molecule is Cc1ccc(N2C(=O)C[C@@H](Nc3ccc(N4CCCCC4)cc3)C2=O)cc1. The standard InChI is InChI=1S/C22H25N3O2/c1-16-5-9-19(10-6-16)25-21(26)15-20(22(25)27)23-17-7-11-18(12-8-17)24-13-3-2-4-14-24/h5-12,20,23H,2-4,13-15H2,1H3/t20-/m1/s1. The van der Waals surface area contributed by atoms with Gasteiger partial charge in [-0.2, -0.15) is 0 Å². The van der Waals surface area contributed by atoms with E-state index >= 15 is 0 Å². The average molecular weight is 363 g/mol. The Hall–Kier alpha value is -2.82. The van der Waals surface area contributed by atoms with Gasteiger partial charge in [0.25, 0.3) is 5.91 Å². The zero-order chi connectivity index (χ0) is 18.8. The molecule has 2 fully saturated rings. The van der Waals surface area contributed by atoms with Crippen LogP contribution < -0.4 is 15.1 Å². The molecule has 0 spiro atoms. The highest BCUT2D eigenvalue weighted by Crippen LogP contribution is 2.27. The van der Waals surface area contributed by atoms with Crippen LogP contribution in [0.15, 0.2) is 48.5 Å². The summed E-state index contributed by atoms with van der Waals surface area (Å²) in [5.41, 5.74) is 3.82. The van der Waals surface area contributed by atoms with Crippen molar-refractivity contribution in [2.24, 2.45) is 0 Å². The third-order valence-electron chi connectivity index (χ3n) is 5.37. The molecule has 2 aromatic carbocycles. The van der Waals surface area contributed by atoms with Crippen LogP contribution in [-0.2, 0) is 9.59 Å². The maximum atomic E-state index is 12.8. The number of nitrogens with one attached hydrogen (secondary N) is 1. The van der Waals surface area contributed by atoms with E-state index < -0.39 is 6.04 Å². The van der Waals surface area contributed by atoms with E-state index in [1.807, 2.05) is 43.3 Å². The van der Waals surface area contributed by atoms with Gasteiger partial charge in [-0.05, 0) is 62.6 Å². The van der Waals surface area contributed by atoms with Gasteiger partial charge in [-0.15, -0.1) is 0 Å². The summed E-state index contributed by atoms with van der Waals surface area (Å²) in [6.07, 6.45) is 3.98. The van der Waals surface area contributed by atoms with Crippen molar-refractivity contribution < 1.29 is 9.59 Å². The van der Waals surface area contributed by atoms with Crippen molar-refractivity contribution >= 4 is 28.9 Å². The van der Waals surface area contributed by atoms with Crippen LogP contribution in [0.2, 0.25) is 0 Å². The lowest BCUT2D eigenvalue weighted by molar-refractivity contribution is -0.121. The number of carbonyl (C=O) groups is 2. The summed E-state index contributed by atoms with van der Waals surface area (Å²) in [6, 6.07) is 15.1. The molecule has 2 aliphatic rings. The van der Waals surface area contributed by atoms with E-state index in [0.29, 0.717) is 5.69 Å². The highest BCUT2D eigenvalue weighted by atomic mass is 16.2. The lowest BCUT2D eigenvalue weighted by atomic mass is 10.1. The van der Waals surface area contributed by atoms with Crippen molar-refractivity contribution in [3.8, 4) is 0 Å². The Balaban J connectivity index is 1.44. The Morgan fingerprint density at radius 2 is 1.48 bits per heavy atom. The number of hydrogen-bond donors (Lipinski definition) is 1. The highest BCUT2D eigenvalue weighted by molar-refractivity contribution is 6.23. The molecule has 1 atom stereocenters. The van der Waals surface area contributed by atoms with E-state index in [9.17, 15) is 9.59 Å². The van der Waals surface area contributed by atoms with Crippen LogP contribution in [0.3, 0.4) is 0 Å². The number of imide groups is 1. The number of benzene rings is 2. The summed E-state index contributed by atoms with van der Waals surface area (Å²) in [5.74, 6) is -0.352. The number of anilines is 3. The summed E-state index contributed by atoms with van der Waals surface area (Å²) in [5, 5.41) is 3.23. The largest absolute Gasteiger partial charge is 0.373 e. The molecule has 2 heterocycles. The number of rotatable bonds is 4. The predicted molar refractivity (Wildman–Crippen MR) is 108 cm³/mol. The quantitative estimate of drug-likeness (QED) is 0.841. The van der Waals surface area contributed by atoms with Crippen LogP contribution in [0.5, 0.6) is 0 Å². The van der Waals surface area contributed by atoms with Gasteiger partial charge >= 0.3 is 0 Å². The van der Waals surface area contributed by atoms with Crippen molar-refractivity contribution in [2.45, 2.75) is 38.6 Å². The molecule has 0 radical (unpaired) electrons. The van der Waals surface area contributed by atoms with Crippen molar-refractivity contribution in [3.05, 3.63) is 54.1 Å². The minimum absolute atomic E-state index is 0.161. The van der Waals surface area contributed by atoms with E-state index in [4.69, 9.17) is 0 Å². The molecule has 140 valence electrons. The number of aryl methyl sites for hydroxylation is 1. The lowest BCUT2D eigenvalue weighted by Crippen LogP contribution is -2.34. The van der Waals surface area contributed by atoms with Crippen molar-refractivity contribution in [1.82, 2.24) is 0 Å². The third kappa shape index (κ3) is 3.68. The second kappa shape index (κ2) is 7.43. The smallest absolute Gasteiger partial charge is 0.256 e. The molecule has 0 unspecified atom stereocenters. The van der Waals surface area contributed by atoms with Gasteiger partial charge in [-0.3, -0.25) is 9.59 Å². The number of carbonyl (C=O) groups excluding carboxylic acids is 2. The first kappa shape index (κ1) is 17.6. The Bertz CT molecular complexity index is 824. The summed E-state index contributed by atoms with van der Waals surface area (Å²) < 4.78 is 0. The second-order valence-corrected chi connectivity index (χ2v) is 7.40. The lowest BCUT2D eigenvalue weighted by Gasteiger charge is -2.29. The van der Waals surface area contributed by atoms with Gasteiger partial charge in [0.1, 0.15) is 6.04 Å². The van der Waals surface area contributed by atoms with Gasteiger partial charge in [0.15, 0.2) is 0 Å². The van der Waals surface area contributed by atoms with Crippen molar-refractivity contribution in [3.63, 3.8) is 0 Å². The molecule has 2 amide bonds.